The number of amides is 1. The summed E-state index contributed by atoms with van der Waals surface area (Å²) in [5, 5.41) is 7.62. The molecule has 0 saturated heterocycles. The SMILES string of the molecule is COc1ccc(-n2nc(-c3ccccc3F)cc2C(=O)NC(C)CCc2ccccc2)cc1. The van der Waals surface area contributed by atoms with Gasteiger partial charge in [0.25, 0.3) is 5.91 Å². The van der Waals surface area contributed by atoms with Crippen LogP contribution in [-0.2, 0) is 6.42 Å². The van der Waals surface area contributed by atoms with Gasteiger partial charge in [-0.05, 0) is 67.8 Å². The summed E-state index contributed by atoms with van der Waals surface area (Å²) >= 11 is 0. The van der Waals surface area contributed by atoms with Gasteiger partial charge in [0.1, 0.15) is 17.3 Å². The number of rotatable bonds is 8. The third-order valence-corrected chi connectivity index (χ3v) is 5.50. The van der Waals surface area contributed by atoms with Crippen LogP contribution in [-0.4, -0.2) is 28.8 Å². The Morgan fingerprint density at radius 1 is 1.03 bits per heavy atom. The summed E-state index contributed by atoms with van der Waals surface area (Å²) < 4.78 is 21.2. The molecule has 4 aromatic rings. The Balaban J connectivity index is 1.60. The van der Waals surface area contributed by atoms with Crippen LogP contribution in [0.4, 0.5) is 4.39 Å². The van der Waals surface area contributed by atoms with Gasteiger partial charge in [0.15, 0.2) is 0 Å². The van der Waals surface area contributed by atoms with Crippen LogP contribution in [0.5, 0.6) is 5.75 Å². The topological polar surface area (TPSA) is 56.2 Å². The maximum absolute atomic E-state index is 14.4. The minimum absolute atomic E-state index is 0.0474. The van der Waals surface area contributed by atoms with Gasteiger partial charge in [-0.3, -0.25) is 4.79 Å². The molecule has 6 heteroatoms. The minimum Gasteiger partial charge on any atom is -0.497 e. The van der Waals surface area contributed by atoms with Gasteiger partial charge < -0.3 is 10.1 Å². The molecule has 1 unspecified atom stereocenters. The Bertz CT molecular complexity index is 1220. The number of aromatic nitrogens is 2. The molecule has 1 heterocycles. The Hall–Kier alpha value is -3.93. The van der Waals surface area contributed by atoms with Crippen molar-refractivity contribution in [3.05, 3.63) is 102 Å². The summed E-state index contributed by atoms with van der Waals surface area (Å²) in [6.07, 6.45) is 1.66. The molecule has 1 aromatic heterocycles. The zero-order chi connectivity index (χ0) is 23.2. The van der Waals surface area contributed by atoms with Crippen LogP contribution in [0.2, 0.25) is 0 Å². The molecule has 0 aliphatic rings. The molecule has 168 valence electrons. The van der Waals surface area contributed by atoms with E-state index < -0.39 is 0 Å². The Morgan fingerprint density at radius 3 is 2.42 bits per heavy atom. The lowest BCUT2D eigenvalue weighted by molar-refractivity contribution is 0.0930. The van der Waals surface area contributed by atoms with Crippen LogP contribution in [0.15, 0.2) is 84.9 Å². The average molecular weight is 444 g/mol. The van der Waals surface area contributed by atoms with Gasteiger partial charge in [-0.25, -0.2) is 9.07 Å². The first-order valence-electron chi connectivity index (χ1n) is 10.9. The highest BCUT2D eigenvalue weighted by Crippen LogP contribution is 2.25. The lowest BCUT2D eigenvalue weighted by Gasteiger charge is -2.15. The number of hydrogen-bond donors (Lipinski definition) is 1. The number of halogens is 1. The lowest BCUT2D eigenvalue weighted by atomic mass is 10.1. The molecular formula is C27H26FN3O2. The molecule has 3 aromatic carbocycles. The van der Waals surface area contributed by atoms with Crippen molar-refractivity contribution < 1.29 is 13.9 Å². The van der Waals surface area contributed by atoms with Gasteiger partial charge in [0.2, 0.25) is 0 Å². The summed E-state index contributed by atoms with van der Waals surface area (Å²) in [4.78, 5) is 13.2. The molecule has 1 atom stereocenters. The fourth-order valence-electron chi connectivity index (χ4n) is 3.66. The maximum atomic E-state index is 14.4. The molecule has 4 rings (SSSR count). The lowest BCUT2D eigenvalue weighted by Crippen LogP contribution is -2.34. The Kier molecular flexibility index (Phi) is 6.83. The number of nitrogens with zero attached hydrogens (tertiary/aromatic N) is 2. The minimum atomic E-state index is -0.389. The van der Waals surface area contributed by atoms with E-state index in [0.717, 1.165) is 12.8 Å². The van der Waals surface area contributed by atoms with Crippen molar-refractivity contribution in [1.82, 2.24) is 15.1 Å². The van der Waals surface area contributed by atoms with E-state index in [-0.39, 0.29) is 17.8 Å². The second-order valence-electron chi connectivity index (χ2n) is 7.90. The normalized spacial score (nSPS) is 11.7. The van der Waals surface area contributed by atoms with E-state index in [9.17, 15) is 9.18 Å². The van der Waals surface area contributed by atoms with Crippen LogP contribution >= 0.6 is 0 Å². The molecule has 0 spiro atoms. The average Bonchev–Trinajstić information content (AvgIpc) is 3.29. The summed E-state index contributed by atoms with van der Waals surface area (Å²) in [7, 11) is 1.59. The monoisotopic (exact) mass is 443 g/mol. The molecule has 0 fully saturated rings. The van der Waals surface area contributed by atoms with Crippen molar-refractivity contribution in [1.29, 1.82) is 0 Å². The van der Waals surface area contributed by atoms with Crippen molar-refractivity contribution in [2.45, 2.75) is 25.8 Å². The number of nitrogens with one attached hydrogen (secondary N) is 1. The highest BCUT2D eigenvalue weighted by molar-refractivity contribution is 5.94. The number of hydrogen-bond acceptors (Lipinski definition) is 3. The molecule has 0 bridgehead atoms. The molecule has 33 heavy (non-hydrogen) atoms. The van der Waals surface area contributed by atoms with E-state index in [2.05, 4.69) is 22.5 Å². The predicted molar refractivity (Wildman–Crippen MR) is 127 cm³/mol. The van der Waals surface area contributed by atoms with Gasteiger partial charge in [-0.15, -0.1) is 0 Å². The first-order valence-corrected chi connectivity index (χ1v) is 10.9. The van der Waals surface area contributed by atoms with E-state index in [1.165, 1.54) is 11.6 Å². The Morgan fingerprint density at radius 2 is 1.73 bits per heavy atom. The number of methoxy groups -OCH3 is 1. The maximum Gasteiger partial charge on any atom is 0.270 e. The third-order valence-electron chi connectivity index (χ3n) is 5.50. The van der Waals surface area contributed by atoms with Crippen LogP contribution in [0, 0.1) is 5.82 Å². The standard InChI is InChI=1S/C27H26FN3O2/c1-19(12-13-20-8-4-3-5-9-20)29-27(32)26-18-25(23-10-6-7-11-24(23)28)30-31(26)21-14-16-22(33-2)17-15-21/h3-11,14-19H,12-13H2,1-2H3,(H,29,32). The van der Waals surface area contributed by atoms with Crippen LogP contribution in [0.3, 0.4) is 0 Å². The summed E-state index contributed by atoms with van der Waals surface area (Å²) in [6, 6.07) is 25.4. The van der Waals surface area contributed by atoms with Gasteiger partial charge in [0.05, 0.1) is 18.5 Å². The zero-order valence-corrected chi connectivity index (χ0v) is 18.7. The second-order valence-corrected chi connectivity index (χ2v) is 7.90. The molecule has 1 N–H and O–H groups in total. The molecule has 0 aliphatic carbocycles. The fourth-order valence-corrected chi connectivity index (χ4v) is 3.66. The van der Waals surface area contributed by atoms with Gasteiger partial charge in [-0.1, -0.05) is 42.5 Å². The zero-order valence-electron chi connectivity index (χ0n) is 18.7. The number of benzene rings is 3. The van der Waals surface area contributed by atoms with Crippen molar-refractivity contribution in [3.8, 4) is 22.7 Å². The molecule has 1 amide bonds. The smallest absolute Gasteiger partial charge is 0.270 e. The third kappa shape index (κ3) is 5.29. The molecular weight excluding hydrogens is 417 g/mol. The summed E-state index contributed by atoms with van der Waals surface area (Å²) in [6.45, 7) is 1.98. The van der Waals surface area contributed by atoms with E-state index in [0.29, 0.717) is 28.4 Å². The van der Waals surface area contributed by atoms with E-state index >= 15 is 0 Å². The summed E-state index contributed by atoms with van der Waals surface area (Å²) in [5.74, 6) is 0.0438. The van der Waals surface area contributed by atoms with Crippen molar-refractivity contribution >= 4 is 5.91 Å². The molecule has 0 saturated carbocycles. The summed E-state index contributed by atoms with van der Waals surface area (Å²) in [5.41, 5.74) is 2.98. The van der Waals surface area contributed by atoms with Gasteiger partial charge in [0, 0.05) is 11.6 Å². The van der Waals surface area contributed by atoms with Crippen LogP contribution in [0.1, 0.15) is 29.4 Å². The molecule has 0 radical (unpaired) electrons. The largest absolute Gasteiger partial charge is 0.497 e. The number of aryl methyl sites for hydroxylation is 1. The number of ether oxygens (including phenoxy) is 1. The number of carbonyl (C=O) groups excluding carboxylic acids is 1. The first kappa shape index (κ1) is 22.3. The number of carbonyl (C=O) groups is 1. The van der Waals surface area contributed by atoms with Crippen molar-refractivity contribution in [2.24, 2.45) is 0 Å². The van der Waals surface area contributed by atoms with Gasteiger partial charge >= 0.3 is 0 Å². The molecule has 5 nitrogen and oxygen atoms in total. The van der Waals surface area contributed by atoms with E-state index in [1.54, 1.807) is 48.2 Å². The quantitative estimate of drug-likeness (QED) is 0.395. The van der Waals surface area contributed by atoms with Gasteiger partial charge in [-0.2, -0.15) is 5.10 Å². The van der Waals surface area contributed by atoms with Crippen molar-refractivity contribution in [2.75, 3.05) is 7.11 Å². The van der Waals surface area contributed by atoms with E-state index in [1.807, 2.05) is 37.3 Å². The fraction of sp³-hybridized carbons (Fsp3) is 0.185. The first-order chi connectivity index (χ1) is 16.0. The van der Waals surface area contributed by atoms with E-state index in [4.69, 9.17) is 4.74 Å². The van der Waals surface area contributed by atoms with Crippen molar-refractivity contribution in [3.63, 3.8) is 0 Å². The highest BCUT2D eigenvalue weighted by atomic mass is 19.1. The molecule has 0 aliphatic heterocycles. The Labute approximate surface area is 192 Å². The second kappa shape index (κ2) is 10.1. The highest BCUT2D eigenvalue weighted by Gasteiger charge is 2.20. The van der Waals surface area contributed by atoms with Crippen LogP contribution in [0.25, 0.3) is 16.9 Å². The van der Waals surface area contributed by atoms with Crippen LogP contribution < -0.4 is 10.1 Å². The predicted octanol–water partition coefficient (Wildman–Crippen LogP) is 5.44.